The normalized spacial score (nSPS) is 16.3. The monoisotopic (exact) mass is 331 g/mol. The molecule has 25 heavy (non-hydrogen) atoms. The van der Waals surface area contributed by atoms with Crippen molar-refractivity contribution in [1.29, 1.82) is 0 Å². The van der Waals surface area contributed by atoms with Crippen LogP contribution in [0.15, 0.2) is 60.8 Å². The number of amides is 1. The summed E-state index contributed by atoms with van der Waals surface area (Å²) in [4.78, 5) is 12.6. The summed E-state index contributed by atoms with van der Waals surface area (Å²) in [6.07, 6.45) is 4.89. The molecule has 4 heteroatoms. The summed E-state index contributed by atoms with van der Waals surface area (Å²) in [6, 6.07) is 17.9. The molecule has 0 spiro atoms. The van der Waals surface area contributed by atoms with Gasteiger partial charge < -0.3 is 5.32 Å². The molecular formula is C21H21N3O. The van der Waals surface area contributed by atoms with Gasteiger partial charge in [0.25, 0.3) is 5.91 Å². The minimum absolute atomic E-state index is 0.0194. The molecule has 0 fully saturated rings. The molecule has 0 bridgehead atoms. The van der Waals surface area contributed by atoms with Gasteiger partial charge in [0.15, 0.2) is 0 Å². The molecule has 4 rings (SSSR count). The first-order chi connectivity index (χ1) is 12.2. The second kappa shape index (κ2) is 6.55. The van der Waals surface area contributed by atoms with Crippen LogP contribution in [0, 0.1) is 6.92 Å². The van der Waals surface area contributed by atoms with Crippen LogP contribution in [0.4, 0.5) is 0 Å². The lowest BCUT2D eigenvalue weighted by molar-refractivity contribution is 0.0932. The fourth-order valence-electron chi connectivity index (χ4n) is 3.53. The fourth-order valence-corrected chi connectivity index (χ4v) is 3.53. The number of hydrogen-bond donors (Lipinski definition) is 1. The lowest BCUT2D eigenvalue weighted by atomic mass is 9.92. The molecule has 2 aromatic carbocycles. The summed E-state index contributed by atoms with van der Waals surface area (Å²) in [5, 5.41) is 7.77. The van der Waals surface area contributed by atoms with E-state index in [1.807, 2.05) is 60.3 Å². The number of para-hydroxylation sites is 1. The van der Waals surface area contributed by atoms with E-state index in [2.05, 4.69) is 22.5 Å². The number of nitrogens with zero attached hydrogens (tertiary/aromatic N) is 2. The maximum absolute atomic E-state index is 12.6. The zero-order chi connectivity index (χ0) is 17.2. The maximum atomic E-state index is 12.6. The van der Waals surface area contributed by atoms with Crippen molar-refractivity contribution in [1.82, 2.24) is 15.1 Å². The third kappa shape index (κ3) is 3.07. The Bertz CT molecular complexity index is 899. The van der Waals surface area contributed by atoms with Gasteiger partial charge in [-0.05, 0) is 50.5 Å². The zero-order valence-corrected chi connectivity index (χ0v) is 14.3. The molecule has 0 saturated carbocycles. The summed E-state index contributed by atoms with van der Waals surface area (Å²) < 4.78 is 2.00. The minimum Gasteiger partial charge on any atom is -0.345 e. The van der Waals surface area contributed by atoms with E-state index in [1.54, 1.807) is 0 Å². The third-order valence-corrected chi connectivity index (χ3v) is 4.77. The van der Waals surface area contributed by atoms with Gasteiger partial charge in [0.1, 0.15) is 0 Å². The zero-order valence-electron chi connectivity index (χ0n) is 14.3. The number of rotatable bonds is 3. The average Bonchev–Trinajstić information content (AvgIpc) is 3.07. The molecule has 1 aliphatic carbocycles. The lowest BCUT2D eigenvalue weighted by Crippen LogP contribution is -2.31. The first kappa shape index (κ1) is 15.6. The van der Waals surface area contributed by atoms with E-state index in [0.29, 0.717) is 5.56 Å². The number of benzene rings is 2. The Labute approximate surface area is 147 Å². The number of aryl methyl sites for hydroxylation is 1. The number of hydrogen-bond acceptors (Lipinski definition) is 2. The largest absolute Gasteiger partial charge is 0.345 e. The molecule has 0 radical (unpaired) electrons. The van der Waals surface area contributed by atoms with Gasteiger partial charge in [-0.3, -0.25) is 4.79 Å². The SMILES string of the molecule is Cc1cccc(C(=O)NC2CCCc3c2cnn3-c2ccccc2)c1. The highest BCUT2D eigenvalue weighted by atomic mass is 16.1. The molecule has 3 aromatic rings. The van der Waals surface area contributed by atoms with Gasteiger partial charge >= 0.3 is 0 Å². The van der Waals surface area contributed by atoms with Crippen LogP contribution < -0.4 is 5.32 Å². The molecule has 1 amide bonds. The highest BCUT2D eigenvalue weighted by Crippen LogP contribution is 2.31. The van der Waals surface area contributed by atoms with Crippen LogP contribution in [0.25, 0.3) is 5.69 Å². The van der Waals surface area contributed by atoms with E-state index in [4.69, 9.17) is 0 Å². The molecule has 1 aliphatic rings. The second-order valence-corrected chi connectivity index (χ2v) is 6.58. The van der Waals surface area contributed by atoms with Crippen LogP contribution in [0.1, 0.15) is 46.1 Å². The maximum Gasteiger partial charge on any atom is 0.251 e. The van der Waals surface area contributed by atoms with Crippen molar-refractivity contribution in [3.63, 3.8) is 0 Å². The Kier molecular flexibility index (Phi) is 4.10. The summed E-state index contributed by atoms with van der Waals surface area (Å²) in [6.45, 7) is 2.00. The topological polar surface area (TPSA) is 46.9 Å². The molecule has 1 unspecified atom stereocenters. The fraction of sp³-hybridized carbons (Fsp3) is 0.238. The quantitative estimate of drug-likeness (QED) is 0.789. The molecule has 4 nitrogen and oxygen atoms in total. The smallest absolute Gasteiger partial charge is 0.251 e. The van der Waals surface area contributed by atoms with Crippen molar-refractivity contribution in [2.45, 2.75) is 32.2 Å². The first-order valence-electron chi connectivity index (χ1n) is 8.72. The highest BCUT2D eigenvalue weighted by Gasteiger charge is 2.26. The van der Waals surface area contributed by atoms with Crippen LogP contribution in [-0.2, 0) is 6.42 Å². The highest BCUT2D eigenvalue weighted by molar-refractivity contribution is 5.94. The van der Waals surface area contributed by atoms with Crippen LogP contribution >= 0.6 is 0 Å². The Morgan fingerprint density at radius 1 is 1.16 bits per heavy atom. The lowest BCUT2D eigenvalue weighted by Gasteiger charge is -2.24. The molecule has 1 N–H and O–H groups in total. The Morgan fingerprint density at radius 3 is 2.80 bits per heavy atom. The van der Waals surface area contributed by atoms with E-state index in [9.17, 15) is 4.79 Å². The molecule has 0 aliphatic heterocycles. The van der Waals surface area contributed by atoms with Crippen molar-refractivity contribution < 1.29 is 4.79 Å². The van der Waals surface area contributed by atoms with E-state index in [-0.39, 0.29) is 11.9 Å². The number of fused-ring (bicyclic) bond motifs is 1. The van der Waals surface area contributed by atoms with Gasteiger partial charge in [0.2, 0.25) is 0 Å². The standard InChI is InChI=1S/C21H21N3O/c1-15-7-5-8-16(13-15)21(25)23-19-11-6-12-20-18(19)14-22-24(20)17-9-3-2-4-10-17/h2-5,7-10,13-14,19H,6,11-12H2,1H3,(H,23,25). The van der Waals surface area contributed by atoms with Crippen LogP contribution in [0.5, 0.6) is 0 Å². The van der Waals surface area contributed by atoms with Crippen molar-refractivity contribution >= 4 is 5.91 Å². The van der Waals surface area contributed by atoms with Crippen LogP contribution in [0.3, 0.4) is 0 Å². The van der Waals surface area contributed by atoms with E-state index in [1.165, 1.54) is 5.69 Å². The molecular weight excluding hydrogens is 310 g/mol. The third-order valence-electron chi connectivity index (χ3n) is 4.77. The average molecular weight is 331 g/mol. The molecule has 0 saturated heterocycles. The van der Waals surface area contributed by atoms with E-state index in [0.717, 1.165) is 36.1 Å². The Balaban J connectivity index is 1.60. The van der Waals surface area contributed by atoms with Crippen LogP contribution in [-0.4, -0.2) is 15.7 Å². The van der Waals surface area contributed by atoms with Gasteiger partial charge in [0.05, 0.1) is 17.9 Å². The molecule has 1 heterocycles. The van der Waals surface area contributed by atoms with Gasteiger partial charge in [-0.2, -0.15) is 5.10 Å². The van der Waals surface area contributed by atoms with Crippen molar-refractivity contribution in [2.75, 3.05) is 0 Å². The minimum atomic E-state index is -0.0194. The predicted octanol–water partition coefficient (Wildman–Crippen LogP) is 3.99. The molecule has 126 valence electrons. The second-order valence-electron chi connectivity index (χ2n) is 6.58. The van der Waals surface area contributed by atoms with Gasteiger partial charge in [-0.1, -0.05) is 35.9 Å². The van der Waals surface area contributed by atoms with Crippen LogP contribution in [0.2, 0.25) is 0 Å². The van der Waals surface area contributed by atoms with E-state index < -0.39 is 0 Å². The summed E-state index contributed by atoms with van der Waals surface area (Å²) in [5.74, 6) is -0.0194. The summed E-state index contributed by atoms with van der Waals surface area (Å²) in [5.41, 5.74) is 5.20. The van der Waals surface area contributed by atoms with Crippen molar-refractivity contribution in [3.8, 4) is 5.69 Å². The van der Waals surface area contributed by atoms with Gasteiger partial charge in [-0.25, -0.2) is 4.68 Å². The van der Waals surface area contributed by atoms with Crippen molar-refractivity contribution in [3.05, 3.63) is 83.2 Å². The number of aromatic nitrogens is 2. The van der Waals surface area contributed by atoms with Gasteiger partial charge in [0, 0.05) is 16.8 Å². The predicted molar refractivity (Wildman–Crippen MR) is 97.9 cm³/mol. The first-order valence-corrected chi connectivity index (χ1v) is 8.72. The van der Waals surface area contributed by atoms with Gasteiger partial charge in [-0.15, -0.1) is 0 Å². The van der Waals surface area contributed by atoms with E-state index >= 15 is 0 Å². The Hall–Kier alpha value is -2.88. The number of carbonyl (C=O) groups is 1. The molecule has 1 aromatic heterocycles. The molecule has 1 atom stereocenters. The van der Waals surface area contributed by atoms with Crippen molar-refractivity contribution in [2.24, 2.45) is 0 Å². The number of nitrogens with one attached hydrogen (secondary N) is 1. The summed E-state index contributed by atoms with van der Waals surface area (Å²) in [7, 11) is 0. The summed E-state index contributed by atoms with van der Waals surface area (Å²) >= 11 is 0. The number of carbonyl (C=O) groups excluding carboxylic acids is 1. The Morgan fingerprint density at radius 2 is 2.00 bits per heavy atom.